The number of nitrogens with zero attached hydrogens (tertiary/aromatic N) is 1. The van der Waals surface area contributed by atoms with Crippen LogP contribution in [0.2, 0.25) is 0 Å². The van der Waals surface area contributed by atoms with E-state index in [0.29, 0.717) is 17.3 Å². The van der Waals surface area contributed by atoms with Crippen molar-refractivity contribution in [2.45, 2.75) is 56.2 Å². The topological polar surface area (TPSA) is 74.8 Å². The number of anilines is 1. The third kappa shape index (κ3) is 7.07. The number of H-pyrrole nitrogens is 1. The Morgan fingerprint density at radius 3 is 2.59 bits per heavy atom. The second kappa shape index (κ2) is 11.2. The van der Waals surface area contributed by atoms with Crippen molar-refractivity contribution in [3.05, 3.63) is 51.9 Å². The smallest absolute Gasteiger partial charge is 0.251 e. The number of rotatable bonds is 10. The number of thioether (sulfide) groups is 2. The van der Waals surface area contributed by atoms with Crippen molar-refractivity contribution >= 4 is 35.1 Å². The summed E-state index contributed by atoms with van der Waals surface area (Å²) in [5, 5.41) is 3.13. The van der Waals surface area contributed by atoms with Crippen molar-refractivity contribution in [3.63, 3.8) is 0 Å². The van der Waals surface area contributed by atoms with Crippen molar-refractivity contribution in [1.29, 1.82) is 0 Å². The number of amides is 1. The molecule has 5 nitrogen and oxygen atoms in total. The Bertz CT molecular complexity index is 791. The average Bonchev–Trinajstić information content (AvgIpc) is 2.66. The van der Waals surface area contributed by atoms with Gasteiger partial charge >= 0.3 is 0 Å². The number of aromatic nitrogens is 2. The summed E-state index contributed by atoms with van der Waals surface area (Å²) in [4.78, 5) is 31.8. The van der Waals surface area contributed by atoms with E-state index in [9.17, 15) is 9.59 Å². The number of hydrogen-bond acceptors (Lipinski definition) is 5. The number of carbonyl (C=O) groups is 1. The van der Waals surface area contributed by atoms with Crippen LogP contribution in [0, 0.1) is 0 Å². The summed E-state index contributed by atoms with van der Waals surface area (Å²) in [6.45, 7) is 6.18. The fourth-order valence-electron chi connectivity index (χ4n) is 2.44. The van der Waals surface area contributed by atoms with E-state index >= 15 is 0 Å². The highest BCUT2D eigenvalue weighted by molar-refractivity contribution is 8.00. The van der Waals surface area contributed by atoms with Crippen LogP contribution in [-0.4, -0.2) is 26.9 Å². The zero-order valence-electron chi connectivity index (χ0n) is 16.1. The molecule has 7 heteroatoms. The number of aryl methyl sites for hydroxylation is 1. The molecule has 0 aliphatic carbocycles. The van der Waals surface area contributed by atoms with Crippen LogP contribution in [0.1, 0.15) is 44.9 Å². The minimum absolute atomic E-state index is 0.0832. The SMILES string of the molecule is CCCSCc1cc(=O)[nH]c(SC(CC)C(=O)Nc2ccc(CC)cc2)n1. The maximum Gasteiger partial charge on any atom is 0.251 e. The molecule has 0 aliphatic heterocycles. The molecule has 2 N–H and O–H groups in total. The zero-order chi connectivity index (χ0) is 19.6. The van der Waals surface area contributed by atoms with Crippen molar-refractivity contribution in [1.82, 2.24) is 9.97 Å². The van der Waals surface area contributed by atoms with Crippen LogP contribution in [-0.2, 0) is 17.0 Å². The Morgan fingerprint density at radius 1 is 1.22 bits per heavy atom. The molecule has 2 rings (SSSR count). The first-order chi connectivity index (χ1) is 13.0. The molecule has 1 aromatic carbocycles. The lowest BCUT2D eigenvalue weighted by Gasteiger charge is -2.14. The van der Waals surface area contributed by atoms with E-state index in [1.165, 1.54) is 23.4 Å². The molecule has 0 saturated heterocycles. The molecule has 0 radical (unpaired) electrons. The quantitative estimate of drug-likeness (QED) is 0.346. The van der Waals surface area contributed by atoms with Crippen LogP contribution in [0.25, 0.3) is 0 Å². The molecule has 2 aromatic rings. The molecule has 27 heavy (non-hydrogen) atoms. The minimum atomic E-state index is -0.322. The number of benzene rings is 1. The fraction of sp³-hybridized carbons (Fsp3) is 0.450. The van der Waals surface area contributed by atoms with Crippen LogP contribution in [0.3, 0.4) is 0 Å². The second-order valence-electron chi connectivity index (χ2n) is 6.15. The van der Waals surface area contributed by atoms with Gasteiger partial charge in [-0.2, -0.15) is 11.8 Å². The molecule has 0 aliphatic rings. The van der Waals surface area contributed by atoms with E-state index in [1.54, 1.807) is 11.8 Å². The molecule has 1 unspecified atom stereocenters. The van der Waals surface area contributed by atoms with Gasteiger partial charge in [0, 0.05) is 17.5 Å². The highest BCUT2D eigenvalue weighted by atomic mass is 32.2. The lowest BCUT2D eigenvalue weighted by atomic mass is 10.1. The number of carbonyl (C=O) groups excluding carboxylic acids is 1. The minimum Gasteiger partial charge on any atom is -0.325 e. The van der Waals surface area contributed by atoms with Gasteiger partial charge in [-0.25, -0.2) is 4.98 Å². The Hall–Kier alpha value is -1.73. The summed E-state index contributed by atoms with van der Waals surface area (Å²) in [5.41, 5.74) is 2.59. The van der Waals surface area contributed by atoms with Gasteiger partial charge in [-0.15, -0.1) is 0 Å². The van der Waals surface area contributed by atoms with Crippen LogP contribution >= 0.6 is 23.5 Å². The molecular formula is C20H27N3O2S2. The number of nitrogens with one attached hydrogen (secondary N) is 2. The maximum absolute atomic E-state index is 12.6. The van der Waals surface area contributed by atoms with Crippen LogP contribution in [0.15, 0.2) is 40.3 Å². The summed E-state index contributed by atoms with van der Waals surface area (Å²) < 4.78 is 0. The normalized spacial score (nSPS) is 12.0. The third-order valence-electron chi connectivity index (χ3n) is 3.92. The summed E-state index contributed by atoms with van der Waals surface area (Å²) in [7, 11) is 0. The van der Waals surface area contributed by atoms with Crippen LogP contribution in [0.4, 0.5) is 5.69 Å². The van der Waals surface area contributed by atoms with E-state index in [0.717, 1.165) is 30.0 Å². The van der Waals surface area contributed by atoms with E-state index in [2.05, 4.69) is 29.1 Å². The first-order valence-corrected chi connectivity index (χ1v) is 11.3. The van der Waals surface area contributed by atoms with Gasteiger partial charge in [0.2, 0.25) is 5.91 Å². The van der Waals surface area contributed by atoms with Crippen LogP contribution < -0.4 is 10.9 Å². The summed E-state index contributed by atoms with van der Waals surface area (Å²) in [6.07, 6.45) is 2.70. The van der Waals surface area contributed by atoms with Gasteiger partial charge in [-0.1, -0.05) is 44.7 Å². The molecule has 1 aromatic heterocycles. The van der Waals surface area contributed by atoms with E-state index < -0.39 is 0 Å². The molecular weight excluding hydrogens is 378 g/mol. The summed E-state index contributed by atoms with van der Waals surface area (Å²) >= 11 is 3.06. The van der Waals surface area contributed by atoms with Gasteiger partial charge in [0.05, 0.1) is 10.9 Å². The van der Waals surface area contributed by atoms with Gasteiger partial charge in [-0.3, -0.25) is 9.59 Å². The molecule has 0 fully saturated rings. The van der Waals surface area contributed by atoms with Crippen molar-refractivity contribution in [3.8, 4) is 0 Å². The first-order valence-electron chi connectivity index (χ1n) is 9.30. The summed E-state index contributed by atoms with van der Waals surface area (Å²) in [5.74, 6) is 1.66. The Balaban J connectivity index is 2.04. The number of hydrogen-bond donors (Lipinski definition) is 2. The van der Waals surface area contributed by atoms with Crippen LogP contribution in [0.5, 0.6) is 0 Å². The molecule has 0 saturated carbocycles. The van der Waals surface area contributed by atoms with Gasteiger partial charge in [0.15, 0.2) is 5.16 Å². The first kappa shape index (κ1) is 21.6. The van der Waals surface area contributed by atoms with Gasteiger partial charge in [-0.05, 0) is 42.7 Å². The maximum atomic E-state index is 12.6. The molecule has 0 bridgehead atoms. The Morgan fingerprint density at radius 2 is 1.96 bits per heavy atom. The van der Waals surface area contributed by atoms with E-state index in [-0.39, 0.29) is 16.7 Å². The number of aromatic amines is 1. The van der Waals surface area contributed by atoms with Crippen molar-refractivity contribution in [2.24, 2.45) is 0 Å². The highest BCUT2D eigenvalue weighted by Crippen LogP contribution is 2.24. The monoisotopic (exact) mass is 405 g/mol. The molecule has 1 amide bonds. The van der Waals surface area contributed by atoms with E-state index in [1.807, 2.05) is 31.2 Å². The fourth-order valence-corrected chi connectivity index (χ4v) is 4.16. The van der Waals surface area contributed by atoms with Gasteiger partial charge in [0.1, 0.15) is 0 Å². The lowest BCUT2D eigenvalue weighted by Crippen LogP contribution is -2.25. The standard InChI is InChI=1S/C20H27N3O2S2/c1-4-11-26-13-16-12-18(24)23-20(22-16)27-17(6-3)19(25)21-15-9-7-14(5-2)8-10-15/h7-10,12,17H,4-6,11,13H2,1-3H3,(H,21,25)(H,22,23,24). The predicted octanol–water partition coefficient (Wildman–Crippen LogP) is 4.48. The van der Waals surface area contributed by atoms with Gasteiger partial charge < -0.3 is 10.3 Å². The molecule has 146 valence electrons. The van der Waals surface area contributed by atoms with E-state index in [4.69, 9.17) is 0 Å². The van der Waals surface area contributed by atoms with Crippen molar-refractivity contribution < 1.29 is 4.79 Å². The largest absolute Gasteiger partial charge is 0.325 e. The zero-order valence-corrected chi connectivity index (χ0v) is 17.7. The molecule has 0 spiro atoms. The predicted molar refractivity (Wildman–Crippen MR) is 116 cm³/mol. The second-order valence-corrected chi connectivity index (χ2v) is 8.45. The summed E-state index contributed by atoms with van der Waals surface area (Å²) in [6, 6.07) is 9.39. The average molecular weight is 406 g/mol. The Kier molecular flexibility index (Phi) is 8.94. The van der Waals surface area contributed by atoms with Crippen molar-refractivity contribution in [2.75, 3.05) is 11.1 Å². The molecule has 1 atom stereocenters. The molecule has 1 heterocycles. The highest BCUT2D eigenvalue weighted by Gasteiger charge is 2.19. The van der Waals surface area contributed by atoms with Gasteiger partial charge in [0.25, 0.3) is 5.56 Å². The lowest BCUT2D eigenvalue weighted by molar-refractivity contribution is -0.115. The third-order valence-corrected chi connectivity index (χ3v) is 6.36. The Labute approximate surface area is 169 Å².